The summed E-state index contributed by atoms with van der Waals surface area (Å²) in [4.78, 5) is 0. The van der Waals surface area contributed by atoms with Gasteiger partial charge in [0.05, 0.1) is 0 Å². The van der Waals surface area contributed by atoms with E-state index in [4.69, 9.17) is 0 Å². The van der Waals surface area contributed by atoms with Crippen LogP contribution in [0.3, 0.4) is 0 Å². The lowest BCUT2D eigenvalue weighted by molar-refractivity contribution is 1.53. The lowest BCUT2D eigenvalue weighted by Crippen LogP contribution is -1.45. The monoisotopic (exact) mass is 69.1 g/mol. The lowest BCUT2D eigenvalue weighted by atomic mass is 10.4. The van der Waals surface area contributed by atoms with Gasteiger partial charge in [-0.2, -0.15) is 0 Å². The molecule has 0 nitrogen and oxygen atoms in total. The van der Waals surface area contributed by atoms with Gasteiger partial charge in [0.1, 0.15) is 0 Å². The van der Waals surface area contributed by atoms with Crippen LogP contribution in [0, 0.1) is 6.42 Å². The standard InChI is InChI=1S/C5H9/c1-3-5-4-2/h3-5H,1-2H3/b5-3-. The van der Waals surface area contributed by atoms with Gasteiger partial charge in [-0.15, -0.1) is 0 Å². The summed E-state index contributed by atoms with van der Waals surface area (Å²) in [6.07, 6.45) is 6.00. The van der Waals surface area contributed by atoms with E-state index in [0.717, 1.165) is 0 Å². The summed E-state index contributed by atoms with van der Waals surface area (Å²) >= 11 is 0. The summed E-state index contributed by atoms with van der Waals surface area (Å²) in [5, 5.41) is 0. The second-order valence-corrected chi connectivity index (χ2v) is 0.859. The molecule has 1 radical (unpaired) electrons. The third kappa shape index (κ3) is 3.74. The fourth-order valence-corrected chi connectivity index (χ4v) is 0.192. The minimum absolute atomic E-state index is 2.00. The zero-order valence-electron chi connectivity index (χ0n) is 3.73. The molecule has 0 aliphatic carbocycles. The second kappa shape index (κ2) is 3.74. The van der Waals surface area contributed by atoms with Crippen LogP contribution in [-0.2, 0) is 0 Å². The minimum atomic E-state index is 2.00. The quantitative estimate of drug-likeness (QED) is 0.440. The van der Waals surface area contributed by atoms with Crippen LogP contribution in [0.1, 0.15) is 13.8 Å². The van der Waals surface area contributed by atoms with Crippen LogP contribution in [0.15, 0.2) is 12.2 Å². The maximum atomic E-state index is 2.00. The van der Waals surface area contributed by atoms with Gasteiger partial charge in [-0.1, -0.05) is 19.1 Å². The Bertz CT molecular complexity index is 27.0. The summed E-state index contributed by atoms with van der Waals surface area (Å²) < 4.78 is 0. The van der Waals surface area contributed by atoms with E-state index in [2.05, 4.69) is 0 Å². The number of hydrogen-bond donors (Lipinski definition) is 0. The van der Waals surface area contributed by atoms with Crippen LogP contribution < -0.4 is 0 Å². The molecular weight excluding hydrogens is 60.1 g/mol. The van der Waals surface area contributed by atoms with E-state index < -0.39 is 0 Å². The molecule has 0 heterocycles. The maximum Gasteiger partial charge on any atom is -0.0202 e. The van der Waals surface area contributed by atoms with E-state index in [1.54, 1.807) is 0 Å². The van der Waals surface area contributed by atoms with Crippen molar-refractivity contribution in [3.8, 4) is 0 Å². The molecule has 0 unspecified atom stereocenters. The molecule has 0 bridgehead atoms. The summed E-state index contributed by atoms with van der Waals surface area (Å²) in [5.41, 5.74) is 0. The second-order valence-electron chi connectivity index (χ2n) is 0.859. The fourth-order valence-electron chi connectivity index (χ4n) is 0.192. The molecule has 0 fully saturated rings. The van der Waals surface area contributed by atoms with Crippen molar-refractivity contribution in [2.24, 2.45) is 0 Å². The summed E-state index contributed by atoms with van der Waals surface area (Å²) in [5.74, 6) is 0. The highest BCUT2D eigenvalue weighted by Crippen LogP contribution is 1.71. The van der Waals surface area contributed by atoms with E-state index in [9.17, 15) is 0 Å². The van der Waals surface area contributed by atoms with Crippen LogP contribution >= 0.6 is 0 Å². The molecule has 29 valence electrons. The topological polar surface area (TPSA) is 0 Å². The third-order valence-corrected chi connectivity index (χ3v) is 0.385. The van der Waals surface area contributed by atoms with E-state index in [1.165, 1.54) is 0 Å². The molecule has 0 spiro atoms. The van der Waals surface area contributed by atoms with Gasteiger partial charge in [-0.05, 0) is 13.3 Å². The number of hydrogen-bond acceptors (Lipinski definition) is 0. The van der Waals surface area contributed by atoms with Crippen LogP contribution in [0.2, 0.25) is 0 Å². The van der Waals surface area contributed by atoms with E-state index >= 15 is 0 Å². The number of rotatable bonds is 1. The van der Waals surface area contributed by atoms with Crippen molar-refractivity contribution in [2.45, 2.75) is 13.8 Å². The van der Waals surface area contributed by atoms with Gasteiger partial charge < -0.3 is 0 Å². The minimum Gasteiger partial charge on any atom is -0.0914 e. The molecule has 0 aromatic carbocycles. The van der Waals surface area contributed by atoms with Gasteiger partial charge in [0.25, 0.3) is 0 Å². The predicted octanol–water partition coefficient (Wildman–Crippen LogP) is 1.79. The highest BCUT2D eigenvalue weighted by molar-refractivity contribution is 4.87. The van der Waals surface area contributed by atoms with Gasteiger partial charge >= 0.3 is 0 Å². The molecule has 0 saturated carbocycles. The highest BCUT2D eigenvalue weighted by atomic mass is 13.6. The average molecular weight is 69.1 g/mol. The lowest BCUT2D eigenvalue weighted by Gasteiger charge is -1.64. The number of allylic oxidation sites excluding steroid dienone is 2. The van der Waals surface area contributed by atoms with Crippen LogP contribution in [0.4, 0.5) is 0 Å². The molecule has 0 N–H and O–H groups in total. The van der Waals surface area contributed by atoms with E-state index in [1.807, 2.05) is 32.4 Å². The van der Waals surface area contributed by atoms with Crippen LogP contribution in [0.5, 0.6) is 0 Å². The van der Waals surface area contributed by atoms with Crippen LogP contribution in [0.25, 0.3) is 0 Å². The summed E-state index contributed by atoms with van der Waals surface area (Å²) in [7, 11) is 0. The van der Waals surface area contributed by atoms with Gasteiger partial charge in [0, 0.05) is 0 Å². The smallest absolute Gasteiger partial charge is 0.0202 e. The molecule has 0 aromatic rings. The van der Waals surface area contributed by atoms with E-state index in [-0.39, 0.29) is 0 Å². The molecule has 0 amide bonds. The predicted molar refractivity (Wildman–Crippen MR) is 24.8 cm³/mol. The first-order valence-electron chi connectivity index (χ1n) is 1.82. The molecule has 0 aliphatic rings. The van der Waals surface area contributed by atoms with Crippen molar-refractivity contribution in [3.63, 3.8) is 0 Å². The Labute approximate surface area is 33.5 Å². The first-order chi connectivity index (χ1) is 2.41. The molecule has 5 heavy (non-hydrogen) atoms. The van der Waals surface area contributed by atoms with Crippen molar-refractivity contribution in [1.82, 2.24) is 0 Å². The SMILES string of the molecule is C[CH]/C=C\C. The molecule has 0 heteroatoms. The zero-order valence-corrected chi connectivity index (χ0v) is 3.73. The maximum absolute atomic E-state index is 2.00. The Morgan fingerprint density at radius 3 is 1.80 bits per heavy atom. The molecule has 0 rings (SSSR count). The van der Waals surface area contributed by atoms with Crippen molar-refractivity contribution in [3.05, 3.63) is 18.6 Å². The Kier molecular flexibility index (Phi) is 3.55. The molecule has 0 atom stereocenters. The van der Waals surface area contributed by atoms with Crippen molar-refractivity contribution < 1.29 is 0 Å². The Morgan fingerprint density at radius 1 is 1.20 bits per heavy atom. The summed E-state index contributed by atoms with van der Waals surface area (Å²) in [6.45, 7) is 4.00. The largest absolute Gasteiger partial charge is 0.0914 e. The highest BCUT2D eigenvalue weighted by Gasteiger charge is 1.53. The Morgan fingerprint density at radius 2 is 1.80 bits per heavy atom. The fraction of sp³-hybridized carbons (Fsp3) is 0.400. The van der Waals surface area contributed by atoms with Gasteiger partial charge in [-0.3, -0.25) is 0 Å². The zero-order chi connectivity index (χ0) is 4.12. The van der Waals surface area contributed by atoms with E-state index in [0.29, 0.717) is 0 Å². The summed E-state index contributed by atoms with van der Waals surface area (Å²) in [6, 6.07) is 0. The average Bonchev–Trinajstić information content (AvgIpc) is 1.41. The third-order valence-electron chi connectivity index (χ3n) is 0.385. The normalized spacial score (nSPS) is 10.0. The first-order valence-corrected chi connectivity index (χ1v) is 1.82. The van der Waals surface area contributed by atoms with Gasteiger partial charge in [-0.25, -0.2) is 0 Å². The van der Waals surface area contributed by atoms with Crippen molar-refractivity contribution in [2.75, 3.05) is 0 Å². The first kappa shape index (κ1) is 4.74. The van der Waals surface area contributed by atoms with Gasteiger partial charge in [0.15, 0.2) is 0 Å². The van der Waals surface area contributed by atoms with Crippen molar-refractivity contribution in [1.29, 1.82) is 0 Å². The van der Waals surface area contributed by atoms with Crippen LogP contribution in [-0.4, -0.2) is 0 Å². The van der Waals surface area contributed by atoms with Crippen molar-refractivity contribution >= 4 is 0 Å². The molecule has 0 saturated heterocycles. The Hall–Kier alpha value is -0.260. The molecule has 0 aliphatic heterocycles. The molecular formula is C5H9. The Balaban J connectivity index is 2.62. The molecule has 0 aromatic heterocycles. The van der Waals surface area contributed by atoms with Gasteiger partial charge in [0.2, 0.25) is 0 Å².